The lowest BCUT2D eigenvalue weighted by Gasteiger charge is -2.38. The van der Waals surface area contributed by atoms with Crippen LogP contribution < -0.4 is 20.4 Å². The molecule has 0 aromatic carbocycles. The largest absolute Gasteiger partial charge is 0.483 e. The molecule has 3 aromatic heterocycles. The highest BCUT2D eigenvalue weighted by molar-refractivity contribution is 6.02. The zero-order valence-corrected chi connectivity index (χ0v) is 19.7. The van der Waals surface area contributed by atoms with E-state index >= 15 is 0 Å². The van der Waals surface area contributed by atoms with E-state index in [-0.39, 0.29) is 12.5 Å². The number of carbonyl (C=O) groups is 2. The van der Waals surface area contributed by atoms with Crippen molar-refractivity contribution in [3.8, 4) is 0 Å². The lowest BCUT2D eigenvalue weighted by molar-refractivity contribution is -0.122. The fourth-order valence-corrected chi connectivity index (χ4v) is 4.67. The fraction of sp³-hybridized carbons (Fsp3) is 0.455. The fourth-order valence-electron chi connectivity index (χ4n) is 4.67. The molecule has 5 heterocycles. The molecule has 2 aliphatic rings. The van der Waals surface area contributed by atoms with Gasteiger partial charge in [-0.2, -0.15) is 5.10 Å². The summed E-state index contributed by atoms with van der Waals surface area (Å²) in [5, 5.41) is 17.7. The van der Waals surface area contributed by atoms with Gasteiger partial charge in [0.15, 0.2) is 11.5 Å². The maximum atomic E-state index is 13.1. The van der Waals surface area contributed by atoms with Crippen LogP contribution >= 0.6 is 0 Å². The number of fused-ring (bicyclic) bond motifs is 2. The van der Waals surface area contributed by atoms with E-state index in [4.69, 9.17) is 9.90 Å². The Hall–Kier alpha value is -3.80. The summed E-state index contributed by atoms with van der Waals surface area (Å²) in [5.41, 5.74) is 3.70. The molecule has 12 heteroatoms. The second-order valence-electron chi connectivity index (χ2n) is 8.58. The van der Waals surface area contributed by atoms with Crippen molar-refractivity contribution in [1.29, 1.82) is 0 Å². The minimum Gasteiger partial charge on any atom is -0.483 e. The number of hydrogen-bond donors (Lipinski definition) is 3. The molecule has 180 valence electrons. The number of aryl methyl sites for hydroxylation is 2. The summed E-state index contributed by atoms with van der Waals surface area (Å²) in [6.45, 7) is 10.3. The second kappa shape index (κ2) is 9.59. The van der Waals surface area contributed by atoms with Crippen LogP contribution in [0.5, 0.6) is 0 Å². The molecule has 1 saturated heterocycles. The molecule has 3 aromatic rings. The molecular weight excluding hydrogens is 438 g/mol. The maximum absolute atomic E-state index is 13.1. The van der Waals surface area contributed by atoms with Gasteiger partial charge in [0.05, 0.1) is 11.9 Å². The molecular formula is C22H29N9O3. The number of amides is 2. The Morgan fingerprint density at radius 2 is 1.94 bits per heavy atom. The SMILES string of the molecule is Cc1nc2c(C)nc(NC(=O)N3CCc4c(N5C[C@@H](C)N[C@@H](C)C5)ccnc43)cn2n1.O=CO. The van der Waals surface area contributed by atoms with Gasteiger partial charge in [0.25, 0.3) is 6.47 Å². The van der Waals surface area contributed by atoms with Crippen LogP contribution in [-0.2, 0) is 11.2 Å². The number of aromatic nitrogens is 5. The Balaban J connectivity index is 0.000000868. The number of carboxylic acid groups (broad SMARTS) is 1. The summed E-state index contributed by atoms with van der Waals surface area (Å²) in [5.74, 6) is 1.83. The molecule has 0 unspecified atom stereocenters. The third kappa shape index (κ3) is 4.62. The number of hydrogen-bond acceptors (Lipinski definition) is 8. The molecule has 0 spiro atoms. The van der Waals surface area contributed by atoms with Gasteiger partial charge in [0.2, 0.25) is 0 Å². The monoisotopic (exact) mass is 467 g/mol. The molecule has 5 rings (SSSR count). The Morgan fingerprint density at radius 1 is 1.24 bits per heavy atom. The van der Waals surface area contributed by atoms with Crippen LogP contribution in [0.15, 0.2) is 18.5 Å². The summed E-state index contributed by atoms with van der Waals surface area (Å²) >= 11 is 0. The van der Waals surface area contributed by atoms with E-state index in [1.807, 2.05) is 13.8 Å². The molecule has 1 fully saturated rings. The predicted molar refractivity (Wildman–Crippen MR) is 128 cm³/mol. The van der Waals surface area contributed by atoms with Crippen LogP contribution in [0.25, 0.3) is 5.65 Å². The molecule has 34 heavy (non-hydrogen) atoms. The number of piperazine rings is 1. The number of nitrogens with zero attached hydrogens (tertiary/aromatic N) is 7. The smallest absolute Gasteiger partial charge is 0.328 e. The Bertz CT molecular complexity index is 1200. The van der Waals surface area contributed by atoms with Crippen molar-refractivity contribution in [1.82, 2.24) is 29.9 Å². The van der Waals surface area contributed by atoms with Crippen LogP contribution in [0.1, 0.15) is 30.9 Å². The van der Waals surface area contributed by atoms with E-state index in [0.717, 1.165) is 30.9 Å². The van der Waals surface area contributed by atoms with Crippen LogP contribution in [-0.4, -0.2) is 73.9 Å². The second-order valence-corrected chi connectivity index (χ2v) is 8.58. The highest BCUT2D eigenvalue weighted by atomic mass is 16.3. The molecule has 12 nitrogen and oxygen atoms in total. The van der Waals surface area contributed by atoms with Crippen molar-refractivity contribution in [2.45, 2.75) is 46.2 Å². The van der Waals surface area contributed by atoms with Gasteiger partial charge in [-0.1, -0.05) is 0 Å². The van der Waals surface area contributed by atoms with E-state index in [1.54, 1.807) is 21.8 Å². The first-order valence-electron chi connectivity index (χ1n) is 11.2. The predicted octanol–water partition coefficient (Wildman–Crippen LogP) is 1.62. The minimum atomic E-state index is -0.250. The van der Waals surface area contributed by atoms with Crippen molar-refractivity contribution in [3.63, 3.8) is 0 Å². The standard InChI is InChI=1S/C21H27N9O.CH2O2/c1-12-9-28(10-13(2)23-12)17-5-7-22-20-16(17)6-8-29(20)21(31)26-18-11-30-19(14(3)24-18)25-15(4)27-30;2-1-3/h5,7,11-13,23H,6,8-10H2,1-4H3,(H,26,31);1H,(H,2,3)/t12-,13+;. The Kier molecular flexibility index (Phi) is 6.59. The highest BCUT2D eigenvalue weighted by Crippen LogP contribution is 2.34. The molecule has 3 N–H and O–H groups in total. The van der Waals surface area contributed by atoms with E-state index in [2.05, 4.69) is 55.5 Å². The zero-order chi connectivity index (χ0) is 24.4. The third-order valence-electron chi connectivity index (χ3n) is 5.82. The van der Waals surface area contributed by atoms with Gasteiger partial charge in [0.1, 0.15) is 11.6 Å². The van der Waals surface area contributed by atoms with Crippen molar-refractivity contribution < 1.29 is 14.7 Å². The van der Waals surface area contributed by atoms with Gasteiger partial charge in [-0.05, 0) is 40.2 Å². The van der Waals surface area contributed by atoms with Gasteiger partial charge >= 0.3 is 6.03 Å². The third-order valence-corrected chi connectivity index (χ3v) is 5.82. The lowest BCUT2D eigenvalue weighted by Crippen LogP contribution is -2.54. The summed E-state index contributed by atoms with van der Waals surface area (Å²) in [6, 6.07) is 2.65. The van der Waals surface area contributed by atoms with Crippen molar-refractivity contribution >= 4 is 35.5 Å². The molecule has 0 bridgehead atoms. The number of anilines is 3. The van der Waals surface area contributed by atoms with Gasteiger partial charge in [-0.15, -0.1) is 0 Å². The van der Waals surface area contributed by atoms with Crippen molar-refractivity contribution in [3.05, 3.63) is 35.5 Å². The number of urea groups is 1. The van der Waals surface area contributed by atoms with Gasteiger partial charge < -0.3 is 15.3 Å². The average Bonchev–Trinajstić information content (AvgIpc) is 3.37. The van der Waals surface area contributed by atoms with Crippen molar-refractivity contribution in [2.24, 2.45) is 0 Å². The van der Waals surface area contributed by atoms with Crippen LogP contribution in [0.4, 0.5) is 22.1 Å². The number of carbonyl (C=O) groups excluding carboxylic acids is 1. The number of rotatable bonds is 2. The summed E-state index contributed by atoms with van der Waals surface area (Å²) in [6.07, 6.45) is 4.26. The quantitative estimate of drug-likeness (QED) is 0.479. The molecule has 2 amide bonds. The highest BCUT2D eigenvalue weighted by Gasteiger charge is 2.31. The molecule has 0 aliphatic carbocycles. The van der Waals surface area contributed by atoms with Crippen molar-refractivity contribution in [2.75, 3.05) is 34.8 Å². The first-order valence-corrected chi connectivity index (χ1v) is 11.2. The minimum absolute atomic E-state index is 0.242. The summed E-state index contributed by atoms with van der Waals surface area (Å²) in [4.78, 5) is 38.9. The molecule has 2 atom stereocenters. The molecule has 0 radical (unpaired) electrons. The van der Waals surface area contributed by atoms with Gasteiger partial charge in [-0.25, -0.2) is 24.3 Å². The molecule has 0 saturated carbocycles. The number of nitrogens with one attached hydrogen (secondary N) is 2. The Morgan fingerprint density at radius 3 is 2.65 bits per heavy atom. The topological polar surface area (TPSA) is 141 Å². The average molecular weight is 468 g/mol. The normalized spacial score (nSPS) is 19.4. The van der Waals surface area contributed by atoms with Crippen LogP contribution in [0, 0.1) is 13.8 Å². The van der Waals surface area contributed by atoms with E-state index in [1.165, 1.54) is 5.69 Å². The van der Waals surface area contributed by atoms with Crippen LogP contribution in [0.3, 0.4) is 0 Å². The maximum Gasteiger partial charge on any atom is 0.328 e. The van der Waals surface area contributed by atoms with Gasteiger partial charge in [0, 0.05) is 49.2 Å². The van der Waals surface area contributed by atoms with Gasteiger partial charge in [-0.3, -0.25) is 15.0 Å². The first-order chi connectivity index (χ1) is 16.3. The molecule has 2 aliphatic heterocycles. The Labute approximate surface area is 197 Å². The van der Waals surface area contributed by atoms with E-state index < -0.39 is 0 Å². The van der Waals surface area contributed by atoms with E-state index in [9.17, 15) is 4.79 Å². The number of pyridine rings is 1. The first kappa shape index (κ1) is 23.4. The zero-order valence-electron chi connectivity index (χ0n) is 19.7. The summed E-state index contributed by atoms with van der Waals surface area (Å²) < 4.78 is 1.65. The lowest BCUT2D eigenvalue weighted by atomic mass is 10.1. The van der Waals surface area contributed by atoms with Crippen LogP contribution in [0.2, 0.25) is 0 Å². The summed E-state index contributed by atoms with van der Waals surface area (Å²) in [7, 11) is 0. The van der Waals surface area contributed by atoms with E-state index in [0.29, 0.717) is 41.6 Å².